The van der Waals surface area contributed by atoms with Crippen molar-refractivity contribution in [2.24, 2.45) is 0 Å². The Hall–Kier alpha value is -2.91. The third-order valence-corrected chi connectivity index (χ3v) is 11.3. The van der Waals surface area contributed by atoms with E-state index in [9.17, 15) is 21.9 Å². The van der Waals surface area contributed by atoms with E-state index in [0.717, 1.165) is 16.7 Å². The number of sulfonamides is 2. The molecule has 43 heavy (non-hydrogen) atoms. The molecule has 0 radical (unpaired) electrons. The molecule has 2 atom stereocenters. The first-order valence-corrected chi connectivity index (χ1v) is 17.2. The van der Waals surface area contributed by atoms with E-state index < -0.39 is 31.8 Å². The number of aliphatic hydroxyl groups excluding tert-OH is 1. The van der Waals surface area contributed by atoms with E-state index in [1.807, 2.05) is 19.1 Å². The van der Waals surface area contributed by atoms with E-state index >= 15 is 0 Å². The van der Waals surface area contributed by atoms with Crippen LogP contribution in [0.2, 0.25) is 0 Å². The number of rotatable bonds is 11. The molecule has 11 nitrogen and oxygen atoms in total. The molecule has 2 aromatic carbocycles. The average molecular weight is 631 g/mol. The molecule has 3 heterocycles. The second-order valence-corrected chi connectivity index (χ2v) is 15.0. The molecule has 1 aromatic heterocycles. The maximum Gasteiger partial charge on any atom is 0.243 e. The first-order chi connectivity index (χ1) is 20.5. The topological polar surface area (TPSA) is 147 Å². The van der Waals surface area contributed by atoms with Gasteiger partial charge >= 0.3 is 0 Å². The van der Waals surface area contributed by atoms with Crippen LogP contribution in [0.15, 0.2) is 76.8 Å². The summed E-state index contributed by atoms with van der Waals surface area (Å²) in [5.74, 6) is 0.346. The lowest BCUT2D eigenvalue weighted by molar-refractivity contribution is -0.0312. The summed E-state index contributed by atoms with van der Waals surface area (Å²) in [4.78, 5) is 4.58. The molecule has 2 saturated heterocycles. The summed E-state index contributed by atoms with van der Waals surface area (Å²) in [5, 5.41) is 13.8. The summed E-state index contributed by atoms with van der Waals surface area (Å²) in [7, 11) is -5.92. The van der Waals surface area contributed by atoms with Gasteiger partial charge in [0.15, 0.2) is 0 Å². The largest absolute Gasteiger partial charge is 0.491 e. The summed E-state index contributed by atoms with van der Waals surface area (Å²) in [6, 6.07) is 15.1. The minimum atomic E-state index is -3.67. The third kappa shape index (κ3) is 7.43. The van der Waals surface area contributed by atoms with Crippen LogP contribution < -0.4 is 14.8 Å². The fourth-order valence-electron chi connectivity index (χ4n) is 5.56. The lowest BCUT2D eigenvalue weighted by Gasteiger charge is -2.38. The Bertz CT molecular complexity index is 1640. The standard InChI is InChI=1S/C30H38N4O7S2/c1-22-13-24(18-32-17-22)23-5-3-8-29(14-23)43(38,39)34-11-9-30(10-12-34)16-25(20-41-30)33-19-26(35)21-40-27-6-4-7-28(15-27)42(36,37)31-2/h3-8,13-15,17-18,25-26,31,33,35H,9-12,16,19-21H2,1-2H3. The maximum absolute atomic E-state index is 13.5. The van der Waals surface area contributed by atoms with Crippen molar-refractivity contribution in [3.05, 3.63) is 72.6 Å². The van der Waals surface area contributed by atoms with Crippen molar-refractivity contribution in [1.82, 2.24) is 19.3 Å². The van der Waals surface area contributed by atoms with Crippen molar-refractivity contribution < 1.29 is 31.4 Å². The lowest BCUT2D eigenvalue weighted by Crippen LogP contribution is -2.47. The van der Waals surface area contributed by atoms with Gasteiger partial charge in [0.05, 0.1) is 22.0 Å². The van der Waals surface area contributed by atoms with Crippen LogP contribution in [0.5, 0.6) is 5.75 Å². The average Bonchev–Trinajstić information content (AvgIpc) is 3.41. The summed E-state index contributed by atoms with van der Waals surface area (Å²) in [6.07, 6.45) is 4.57. The van der Waals surface area contributed by atoms with E-state index in [4.69, 9.17) is 9.47 Å². The number of ether oxygens (including phenoxy) is 2. The summed E-state index contributed by atoms with van der Waals surface area (Å²) >= 11 is 0. The highest BCUT2D eigenvalue weighted by Crippen LogP contribution is 2.37. The van der Waals surface area contributed by atoms with Gasteiger partial charge in [0.1, 0.15) is 18.5 Å². The van der Waals surface area contributed by atoms with E-state index in [1.165, 1.54) is 23.5 Å². The highest BCUT2D eigenvalue weighted by Gasteiger charge is 2.44. The van der Waals surface area contributed by atoms with E-state index in [0.29, 0.717) is 44.7 Å². The van der Waals surface area contributed by atoms with Crippen molar-refractivity contribution in [3.63, 3.8) is 0 Å². The molecule has 2 unspecified atom stereocenters. The van der Waals surface area contributed by atoms with Gasteiger partial charge in [0.25, 0.3) is 0 Å². The molecular formula is C30H38N4O7S2. The Kier molecular flexibility index (Phi) is 9.52. The van der Waals surface area contributed by atoms with Crippen molar-refractivity contribution in [1.29, 1.82) is 0 Å². The van der Waals surface area contributed by atoms with Crippen LogP contribution in [0.4, 0.5) is 0 Å². The van der Waals surface area contributed by atoms with Gasteiger partial charge in [-0.2, -0.15) is 4.31 Å². The third-order valence-electron chi connectivity index (χ3n) is 7.99. The number of benzene rings is 2. The number of hydrogen-bond donors (Lipinski definition) is 3. The molecule has 232 valence electrons. The number of pyridine rings is 1. The van der Waals surface area contributed by atoms with Crippen LogP contribution in [-0.2, 0) is 24.8 Å². The maximum atomic E-state index is 13.5. The predicted octanol–water partition coefficient (Wildman–Crippen LogP) is 2.31. The number of aliphatic hydroxyl groups is 1. The monoisotopic (exact) mass is 630 g/mol. The van der Waals surface area contributed by atoms with Gasteiger partial charge in [-0.15, -0.1) is 0 Å². The molecule has 0 amide bonds. The first-order valence-electron chi connectivity index (χ1n) is 14.2. The quantitative estimate of drug-likeness (QED) is 0.290. The number of piperidine rings is 1. The van der Waals surface area contributed by atoms with Crippen LogP contribution in [0, 0.1) is 6.92 Å². The van der Waals surface area contributed by atoms with Crippen LogP contribution in [0.25, 0.3) is 11.1 Å². The molecule has 3 aromatic rings. The van der Waals surface area contributed by atoms with E-state index in [-0.39, 0.29) is 29.0 Å². The van der Waals surface area contributed by atoms with Crippen LogP contribution in [0.3, 0.4) is 0 Å². The molecule has 5 rings (SSSR count). The molecule has 0 aliphatic carbocycles. The van der Waals surface area contributed by atoms with Crippen LogP contribution in [-0.4, -0.2) is 88.9 Å². The van der Waals surface area contributed by atoms with Gasteiger partial charge in [-0.1, -0.05) is 18.2 Å². The number of nitrogens with zero attached hydrogens (tertiary/aromatic N) is 2. The van der Waals surface area contributed by atoms with E-state index in [1.54, 1.807) is 42.7 Å². The zero-order chi connectivity index (χ0) is 30.7. The number of aromatic nitrogens is 1. The van der Waals surface area contributed by atoms with Crippen molar-refractivity contribution >= 4 is 20.0 Å². The van der Waals surface area contributed by atoms with Crippen LogP contribution in [0.1, 0.15) is 24.8 Å². The fourth-order valence-corrected chi connectivity index (χ4v) is 7.81. The van der Waals surface area contributed by atoms with Gasteiger partial charge in [-0.3, -0.25) is 4.98 Å². The zero-order valence-corrected chi connectivity index (χ0v) is 25.9. The normalized spacial score (nSPS) is 19.8. The fraction of sp³-hybridized carbons (Fsp3) is 0.433. The molecule has 0 saturated carbocycles. The predicted molar refractivity (Wildman–Crippen MR) is 162 cm³/mol. The summed E-state index contributed by atoms with van der Waals surface area (Å²) in [6.45, 7) is 3.41. The number of nitrogens with one attached hydrogen (secondary N) is 2. The number of aryl methyl sites for hydroxylation is 1. The van der Waals surface area contributed by atoms with Crippen molar-refractivity contribution in [3.8, 4) is 16.9 Å². The second-order valence-electron chi connectivity index (χ2n) is 11.1. The Morgan fingerprint density at radius 1 is 1.05 bits per heavy atom. The number of hydrogen-bond acceptors (Lipinski definition) is 9. The first kappa shape index (κ1) is 31.5. The van der Waals surface area contributed by atoms with Gasteiger partial charge in [0.2, 0.25) is 20.0 Å². The molecule has 0 bridgehead atoms. The van der Waals surface area contributed by atoms with Gasteiger partial charge in [-0.25, -0.2) is 21.6 Å². The molecule has 1 spiro atoms. The molecule has 2 fully saturated rings. The van der Waals surface area contributed by atoms with Gasteiger partial charge in [0, 0.05) is 49.7 Å². The molecular weight excluding hydrogens is 592 g/mol. The highest BCUT2D eigenvalue weighted by molar-refractivity contribution is 7.89. The summed E-state index contributed by atoms with van der Waals surface area (Å²) in [5.41, 5.74) is 2.28. The van der Waals surface area contributed by atoms with E-state index in [2.05, 4.69) is 15.0 Å². The molecule has 2 aliphatic rings. The Morgan fingerprint density at radius 2 is 1.79 bits per heavy atom. The highest BCUT2D eigenvalue weighted by atomic mass is 32.2. The van der Waals surface area contributed by atoms with Gasteiger partial charge in [-0.05, 0) is 74.7 Å². The zero-order valence-electron chi connectivity index (χ0n) is 24.3. The molecule has 13 heteroatoms. The summed E-state index contributed by atoms with van der Waals surface area (Å²) < 4.78 is 66.6. The van der Waals surface area contributed by atoms with Gasteiger partial charge < -0.3 is 19.9 Å². The van der Waals surface area contributed by atoms with Crippen molar-refractivity contribution in [2.45, 2.75) is 53.7 Å². The second kappa shape index (κ2) is 13.0. The Labute approximate surface area is 253 Å². The smallest absolute Gasteiger partial charge is 0.243 e. The minimum Gasteiger partial charge on any atom is -0.491 e. The molecule has 3 N–H and O–H groups in total. The Morgan fingerprint density at radius 3 is 2.53 bits per heavy atom. The SMILES string of the molecule is CNS(=O)(=O)c1cccc(OCC(O)CNC2COC3(CCN(S(=O)(=O)c4cccc(-c5cncc(C)c5)c4)CC3)C2)c1. The molecule has 2 aliphatic heterocycles. The van der Waals surface area contributed by atoms with Crippen LogP contribution >= 0.6 is 0 Å². The minimum absolute atomic E-state index is 0.0107. The van der Waals surface area contributed by atoms with Crippen molar-refractivity contribution in [2.75, 3.05) is 39.9 Å². The lowest BCUT2D eigenvalue weighted by atomic mass is 9.88. The Balaban J connectivity index is 1.10.